The molecule has 3 aliphatic carbocycles. The summed E-state index contributed by atoms with van der Waals surface area (Å²) in [7, 11) is 0. The molecule has 0 amide bonds. The van der Waals surface area contributed by atoms with Crippen molar-refractivity contribution < 1.29 is 4.74 Å². The number of fused-ring (bicyclic) bond motifs is 1. The van der Waals surface area contributed by atoms with Crippen molar-refractivity contribution in [3.63, 3.8) is 0 Å². The Bertz CT molecular complexity index is 348. The van der Waals surface area contributed by atoms with Crippen LogP contribution in [0.3, 0.4) is 0 Å². The van der Waals surface area contributed by atoms with E-state index in [4.69, 9.17) is 4.74 Å². The second kappa shape index (κ2) is 4.37. The van der Waals surface area contributed by atoms with Crippen LogP contribution in [0.2, 0.25) is 0 Å². The average molecular weight is 218 g/mol. The summed E-state index contributed by atoms with van der Waals surface area (Å²) in [6.45, 7) is 2.99. The second-order valence-electron chi connectivity index (χ2n) is 5.31. The summed E-state index contributed by atoms with van der Waals surface area (Å²) >= 11 is 0. The Labute approximate surface area is 98.6 Å². The zero-order valence-corrected chi connectivity index (χ0v) is 10.3. The van der Waals surface area contributed by atoms with E-state index in [2.05, 4.69) is 6.92 Å². The van der Waals surface area contributed by atoms with Crippen molar-refractivity contribution in [3.8, 4) is 0 Å². The van der Waals surface area contributed by atoms with Gasteiger partial charge in [-0.2, -0.15) is 0 Å². The van der Waals surface area contributed by atoms with E-state index < -0.39 is 0 Å². The standard InChI is InChI=1S/C15H22O/c1-2-16-15-9-5-8-13-12-7-4-3-6-11(12)10-14(13)15/h15H,2-10H2,1H3. The van der Waals surface area contributed by atoms with E-state index >= 15 is 0 Å². The van der Waals surface area contributed by atoms with Crippen molar-refractivity contribution in [2.24, 2.45) is 0 Å². The molecule has 0 fully saturated rings. The highest BCUT2D eigenvalue weighted by Gasteiger charge is 2.32. The van der Waals surface area contributed by atoms with Crippen LogP contribution in [0.1, 0.15) is 58.3 Å². The molecule has 0 bridgehead atoms. The average Bonchev–Trinajstić information content (AvgIpc) is 2.69. The minimum atomic E-state index is 0.458. The summed E-state index contributed by atoms with van der Waals surface area (Å²) in [5, 5.41) is 0. The quantitative estimate of drug-likeness (QED) is 0.676. The van der Waals surface area contributed by atoms with Gasteiger partial charge in [0.1, 0.15) is 0 Å². The Kier molecular flexibility index (Phi) is 2.89. The number of allylic oxidation sites excluding steroid dienone is 3. The Morgan fingerprint density at radius 1 is 1.06 bits per heavy atom. The van der Waals surface area contributed by atoms with E-state index in [0.717, 1.165) is 6.61 Å². The third kappa shape index (κ3) is 1.66. The zero-order valence-electron chi connectivity index (χ0n) is 10.3. The smallest absolute Gasteiger partial charge is 0.0793 e. The fraction of sp³-hybridized carbons (Fsp3) is 0.733. The summed E-state index contributed by atoms with van der Waals surface area (Å²) in [4.78, 5) is 0. The van der Waals surface area contributed by atoms with Crippen LogP contribution in [0.25, 0.3) is 0 Å². The first kappa shape index (κ1) is 10.6. The third-order valence-corrected chi connectivity index (χ3v) is 4.39. The van der Waals surface area contributed by atoms with Crippen LogP contribution >= 0.6 is 0 Å². The van der Waals surface area contributed by atoms with Gasteiger partial charge in [-0.1, -0.05) is 5.57 Å². The first-order chi connectivity index (χ1) is 7.90. The SMILES string of the molecule is CCOC1CCCC2=C1CC1=C2CCCC1. The molecule has 0 saturated heterocycles. The van der Waals surface area contributed by atoms with Crippen molar-refractivity contribution in [3.05, 3.63) is 22.3 Å². The summed E-state index contributed by atoms with van der Waals surface area (Å²) in [6.07, 6.45) is 11.2. The monoisotopic (exact) mass is 218 g/mol. The summed E-state index contributed by atoms with van der Waals surface area (Å²) in [5.74, 6) is 0. The van der Waals surface area contributed by atoms with Gasteiger partial charge in [-0.15, -0.1) is 0 Å². The van der Waals surface area contributed by atoms with Gasteiger partial charge in [0.25, 0.3) is 0 Å². The van der Waals surface area contributed by atoms with Crippen LogP contribution in [-0.2, 0) is 4.74 Å². The van der Waals surface area contributed by atoms with Crippen LogP contribution in [-0.4, -0.2) is 12.7 Å². The van der Waals surface area contributed by atoms with Crippen LogP contribution in [0.5, 0.6) is 0 Å². The van der Waals surface area contributed by atoms with Gasteiger partial charge in [-0.25, -0.2) is 0 Å². The maximum atomic E-state index is 5.92. The molecular weight excluding hydrogens is 196 g/mol. The number of rotatable bonds is 2. The molecule has 16 heavy (non-hydrogen) atoms. The maximum Gasteiger partial charge on any atom is 0.0793 e. The molecule has 88 valence electrons. The van der Waals surface area contributed by atoms with Crippen molar-refractivity contribution in [1.29, 1.82) is 0 Å². The molecule has 0 spiro atoms. The van der Waals surface area contributed by atoms with Gasteiger partial charge < -0.3 is 4.74 Å². The number of hydrogen-bond donors (Lipinski definition) is 0. The molecule has 3 rings (SSSR count). The minimum Gasteiger partial charge on any atom is -0.374 e. The number of hydrogen-bond acceptors (Lipinski definition) is 1. The summed E-state index contributed by atoms with van der Waals surface area (Å²) in [5.41, 5.74) is 6.91. The highest BCUT2D eigenvalue weighted by Crippen LogP contribution is 2.47. The molecule has 1 atom stereocenters. The lowest BCUT2D eigenvalue weighted by Crippen LogP contribution is -2.20. The van der Waals surface area contributed by atoms with Crippen LogP contribution in [0, 0.1) is 0 Å². The van der Waals surface area contributed by atoms with Crippen molar-refractivity contribution in [1.82, 2.24) is 0 Å². The summed E-state index contributed by atoms with van der Waals surface area (Å²) < 4.78 is 5.92. The Morgan fingerprint density at radius 2 is 1.88 bits per heavy atom. The molecule has 0 heterocycles. The van der Waals surface area contributed by atoms with E-state index in [-0.39, 0.29) is 0 Å². The molecule has 0 N–H and O–H groups in total. The molecule has 0 aromatic heterocycles. The minimum absolute atomic E-state index is 0.458. The van der Waals surface area contributed by atoms with Crippen molar-refractivity contribution in [2.45, 2.75) is 64.4 Å². The molecular formula is C15H22O. The Hall–Kier alpha value is -0.560. The van der Waals surface area contributed by atoms with Gasteiger partial charge in [0.2, 0.25) is 0 Å². The lowest BCUT2D eigenvalue weighted by atomic mass is 9.86. The fourth-order valence-corrected chi connectivity index (χ4v) is 3.70. The van der Waals surface area contributed by atoms with Crippen LogP contribution in [0.15, 0.2) is 22.3 Å². The van der Waals surface area contributed by atoms with E-state index in [1.165, 1.54) is 51.4 Å². The topological polar surface area (TPSA) is 9.23 Å². The molecule has 0 radical (unpaired) electrons. The lowest BCUT2D eigenvalue weighted by Gasteiger charge is -2.26. The predicted molar refractivity (Wildman–Crippen MR) is 66.4 cm³/mol. The van der Waals surface area contributed by atoms with E-state index in [0.29, 0.717) is 6.10 Å². The maximum absolute atomic E-state index is 5.92. The van der Waals surface area contributed by atoms with Crippen LogP contribution in [0.4, 0.5) is 0 Å². The van der Waals surface area contributed by atoms with Gasteiger partial charge >= 0.3 is 0 Å². The molecule has 1 nitrogen and oxygen atoms in total. The molecule has 0 aromatic carbocycles. The zero-order chi connectivity index (χ0) is 11.0. The summed E-state index contributed by atoms with van der Waals surface area (Å²) in [6, 6.07) is 0. The van der Waals surface area contributed by atoms with Crippen molar-refractivity contribution >= 4 is 0 Å². The first-order valence-electron chi connectivity index (χ1n) is 6.95. The fourth-order valence-electron chi connectivity index (χ4n) is 3.70. The van der Waals surface area contributed by atoms with Gasteiger partial charge in [-0.05, 0) is 75.0 Å². The van der Waals surface area contributed by atoms with Gasteiger partial charge in [-0.3, -0.25) is 0 Å². The molecule has 1 heteroatoms. The molecule has 1 unspecified atom stereocenters. The van der Waals surface area contributed by atoms with Crippen molar-refractivity contribution in [2.75, 3.05) is 6.61 Å². The Balaban J connectivity index is 1.87. The highest BCUT2D eigenvalue weighted by molar-refractivity contribution is 5.50. The molecule has 0 aliphatic heterocycles. The first-order valence-corrected chi connectivity index (χ1v) is 6.95. The molecule has 0 saturated carbocycles. The number of ether oxygens (including phenoxy) is 1. The van der Waals surface area contributed by atoms with Gasteiger partial charge in [0.05, 0.1) is 6.10 Å². The predicted octanol–water partition coefficient (Wildman–Crippen LogP) is 4.15. The molecule has 0 aromatic rings. The van der Waals surface area contributed by atoms with E-state index in [9.17, 15) is 0 Å². The Morgan fingerprint density at radius 3 is 2.75 bits per heavy atom. The van der Waals surface area contributed by atoms with E-state index in [1.54, 1.807) is 22.3 Å². The second-order valence-corrected chi connectivity index (χ2v) is 5.31. The highest BCUT2D eigenvalue weighted by atomic mass is 16.5. The van der Waals surface area contributed by atoms with Gasteiger partial charge in [0.15, 0.2) is 0 Å². The largest absolute Gasteiger partial charge is 0.374 e. The van der Waals surface area contributed by atoms with Gasteiger partial charge in [0, 0.05) is 6.61 Å². The lowest BCUT2D eigenvalue weighted by molar-refractivity contribution is 0.0751. The molecule has 3 aliphatic rings. The third-order valence-electron chi connectivity index (χ3n) is 4.39. The van der Waals surface area contributed by atoms with Crippen LogP contribution < -0.4 is 0 Å². The van der Waals surface area contributed by atoms with E-state index in [1.807, 2.05) is 0 Å². The normalized spacial score (nSPS) is 29.4.